The Kier molecular flexibility index (Phi) is 3.85. The van der Waals surface area contributed by atoms with E-state index in [2.05, 4.69) is 4.74 Å². The largest absolute Gasteiger partial charge is 0.462 e. The second kappa shape index (κ2) is 5.17. The lowest BCUT2D eigenvalue weighted by Crippen LogP contribution is -1.97. The molecule has 0 bridgehead atoms. The van der Waals surface area contributed by atoms with E-state index in [1.165, 1.54) is 13.0 Å². The van der Waals surface area contributed by atoms with E-state index in [1.807, 2.05) is 0 Å². The average Bonchev–Trinajstić information content (AvgIpc) is 2.15. The number of rotatable bonds is 3. The SMILES string of the molecule is CC(=O)OCC=Cc1ccccc1F. The van der Waals surface area contributed by atoms with Crippen LogP contribution in [0.5, 0.6) is 0 Å². The van der Waals surface area contributed by atoms with E-state index in [9.17, 15) is 9.18 Å². The molecule has 0 amide bonds. The van der Waals surface area contributed by atoms with Crippen LogP contribution in [0, 0.1) is 5.82 Å². The van der Waals surface area contributed by atoms with E-state index in [0.717, 1.165) is 0 Å². The van der Waals surface area contributed by atoms with Crippen LogP contribution in [0.3, 0.4) is 0 Å². The number of carbonyl (C=O) groups excluding carboxylic acids is 1. The number of hydrogen-bond donors (Lipinski definition) is 0. The summed E-state index contributed by atoms with van der Waals surface area (Å²) in [4.78, 5) is 10.4. The predicted octanol–water partition coefficient (Wildman–Crippen LogP) is 2.40. The third-order valence-electron chi connectivity index (χ3n) is 1.59. The molecule has 0 heterocycles. The second-order valence-electron chi connectivity index (χ2n) is 2.73. The van der Waals surface area contributed by atoms with Crippen molar-refractivity contribution in [2.45, 2.75) is 6.92 Å². The van der Waals surface area contributed by atoms with E-state index in [0.29, 0.717) is 5.56 Å². The topological polar surface area (TPSA) is 26.3 Å². The van der Waals surface area contributed by atoms with Gasteiger partial charge in [0.1, 0.15) is 12.4 Å². The summed E-state index contributed by atoms with van der Waals surface area (Å²) in [6, 6.07) is 6.40. The summed E-state index contributed by atoms with van der Waals surface area (Å²) in [6.07, 6.45) is 3.18. The Morgan fingerprint density at radius 3 is 2.86 bits per heavy atom. The first-order valence-electron chi connectivity index (χ1n) is 4.24. The molecule has 0 unspecified atom stereocenters. The highest BCUT2D eigenvalue weighted by Gasteiger charge is 1.94. The van der Waals surface area contributed by atoms with E-state index >= 15 is 0 Å². The molecule has 0 radical (unpaired) electrons. The lowest BCUT2D eigenvalue weighted by molar-refractivity contribution is -0.139. The Hall–Kier alpha value is -1.64. The molecule has 74 valence electrons. The van der Waals surface area contributed by atoms with Gasteiger partial charge in [0.2, 0.25) is 0 Å². The molecule has 0 N–H and O–H groups in total. The van der Waals surface area contributed by atoms with E-state index in [4.69, 9.17) is 0 Å². The summed E-state index contributed by atoms with van der Waals surface area (Å²) in [5, 5.41) is 0. The van der Waals surface area contributed by atoms with Gasteiger partial charge in [0.25, 0.3) is 0 Å². The van der Waals surface area contributed by atoms with Gasteiger partial charge in [0.15, 0.2) is 0 Å². The maximum atomic E-state index is 13.0. The van der Waals surface area contributed by atoms with Crippen molar-refractivity contribution in [3.8, 4) is 0 Å². The van der Waals surface area contributed by atoms with Crippen LogP contribution in [0.1, 0.15) is 12.5 Å². The average molecular weight is 194 g/mol. The Morgan fingerprint density at radius 1 is 1.50 bits per heavy atom. The highest BCUT2D eigenvalue weighted by atomic mass is 19.1. The monoisotopic (exact) mass is 194 g/mol. The van der Waals surface area contributed by atoms with Crippen molar-refractivity contribution in [3.05, 3.63) is 41.7 Å². The molecule has 1 rings (SSSR count). The molecular weight excluding hydrogens is 183 g/mol. The highest BCUT2D eigenvalue weighted by molar-refractivity contribution is 5.66. The van der Waals surface area contributed by atoms with Gasteiger partial charge in [-0.2, -0.15) is 0 Å². The Labute approximate surface area is 82.0 Å². The molecule has 0 atom stereocenters. The van der Waals surface area contributed by atoms with Gasteiger partial charge in [-0.3, -0.25) is 4.79 Å². The number of benzene rings is 1. The van der Waals surface area contributed by atoms with Gasteiger partial charge < -0.3 is 4.74 Å². The number of ether oxygens (including phenoxy) is 1. The molecule has 3 heteroatoms. The van der Waals surface area contributed by atoms with Crippen LogP contribution in [-0.4, -0.2) is 12.6 Å². The summed E-state index contributed by atoms with van der Waals surface area (Å²) in [5.41, 5.74) is 0.486. The predicted molar refractivity (Wildman–Crippen MR) is 52.1 cm³/mol. The highest BCUT2D eigenvalue weighted by Crippen LogP contribution is 2.07. The molecule has 14 heavy (non-hydrogen) atoms. The molecule has 0 spiro atoms. The van der Waals surface area contributed by atoms with Crippen molar-refractivity contribution >= 4 is 12.0 Å². The van der Waals surface area contributed by atoms with Crippen LogP contribution in [0.4, 0.5) is 4.39 Å². The minimum atomic E-state index is -0.344. The van der Waals surface area contributed by atoms with Crippen molar-refractivity contribution in [2.24, 2.45) is 0 Å². The number of esters is 1. The second-order valence-corrected chi connectivity index (χ2v) is 2.73. The van der Waals surface area contributed by atoms with Crippen molar-refractivity contribution in [1.82, 2.24) is 0 Å². The van der Waals surface area contributed by atoms with E-state index in [-0.39, 0.29) is 18.4 Å². The normalized spacial score (nSPS) is 10.4. The van der Waals surface area contributed by atoms with Gasteiger partial charge in [-0.25, -0.2) is 4.39 Å². The molecule has 0 saturated carbocycles. The third-order valence-corrected chi connectivity index (χ3v) is 1.59. The maximum absolute atomic E-state index is 13.0. The van der Waals surface area contributed by atoms with E-state index in [1.54, 1.807) is 30.4 Å². The molecule has 0 saturated heterocycles. The lowest BCUT2D eigenvalue weighted by Gasteiger charge is -1.96. The van der Waals surface area contributed by atoms with Gasteiger partial charge in [0.05, 0.1) is 0 Å². The summed E-state index contributed by atoms with van der Waals surface area (Å²) < 4.78 is 17.7. The van der Waals surface area contributed by atoms with Crippen LogP contribution in [-0.2, 0) is 9.53 Å². The van der Waals surface area contributed by atoms with Gasteiger partial charge in [0, 0.05) is 12.5 Å². The molecule has 1 aromatic rings. The van der Waals surface area contributed by atoms with Crippen LogP contribution >= 0.6 is 0 Å². The fourth-order valence-corrected chi connectivity index (χ4v) is 0.951. The summed E-state index contributed by atoms with van der Waals surface area (Å²) in [7, 11) is 0. The van der Waals surface area contributed by atoms with Crippen LogP contribution < -0.4 is 0 Å². The molecule has 1 aromatic carbocycles. The van der Waals surface area contributed by atoms with Gasteiger partial charge >= 0.3 is 5.97 Å². The zero-order valence-corrected chi connectivity index (χ0v) is 7.87. The fourth-order valence-electron chi connectivity index (χ4n) is 0.951. The summed E-state index contributed by atoms with van der Waals surface area (Å²) >= 11 is 0. The minimum Gasteiger partial charge on any atom is -0.462 e. The number of carbonyl (C=O) groups is 1. The van der Waals surface area contributed by atoms with Crippen molar-refractivity contribution in [2.75, 3.05) is 6.61 Å². The summed E-state index contributed by atoms with van der Waals surface area (Å²) in [6.45, 7) is 1.50. The third kappa shape index (κ3) is 3.39. The molecule has 2 nitrogen and oxygen atoms in total. The first kappa shape index (κ1) is 10.4. The van der Waals surface area contributed by atoms with Crippen molar-refractivity contribution in [1.29, 1.82) is 0 Å². The molecule has 0 aliphatic heterocycles. The smallest absolute Gasteiger partial charge is 0.302 e. The Bertz CT molecular complexity index is 345. The van der Waals surface area contributed by atoms with Crippen molar-refractivity contribution < 1.29 is 13.9 Å². The fraction of sp³-hybridized carbons (Fsp3) is 0.182. The zero-order chi connectivity index (χ0) is 10.4. The Morgan fingerprint density at radius 2 is 2.21 bits per heavy atom. The first-order valence-corrected chi connectivity index (χ1v) is 4.24. The van der Waals surface area contributed by atoms with Crippen molar-refractivity contribution in [3.63, 3.8) is 0 Å². The maximum Gasteiger partial charge on any atom is 0.302 e. The van der Waals surface area contributed by atoms with Gasteiger partial charge in [-0.05, 0) is 12.1 Å². The molecular formula is C11H11FO2. The zero-order valence-electron chi connectivity index (χ0n) is 7.87. The summed E-state index contributed by atoms with van der Waals surface area (Å²) in [5.74, 6) is -0.630. The number of halogens is 1. The minimum absolute atomic E-state index is 0.170. The molecule has 0 aliphatic carbocycles. The quantitative estimate of drug-likeness (QED) is 0.690. The van der Waals surface area contributed by atoms with E-state index < -0.39 is 0 Å². The van der Waals surface area contributed by atoms with Gasteiger partial charge in [-0.15, -0.1) is 0 Å². The Balaban J connectivity index is 2.52. The van der Waals surface area contributed by atoms with Gasteiger partial charge in [-0.1, -0.05) is 24.3 Å². The molecule has 0 fully saturated rings. The standard InChI is InChI=1S/C11H11FO2/c1-9(13)14-8-4-6-10-5-2-3-7-11(10)12/h2-7H,8H2,1H3. The van der Waals surface area contributed by atoms with Crippen LogP contribution in [0.15, 0.2) is 30.3 Å². The number of hydrogen-bond acceptors (Lipinski definition) is 2. The first-order chi connectivity index (χ1) is 6.70. The molecule has 0 aliphatic rings. The lowest BCUT2D eigenvalue weighted by atomic mass is 10.2. The van der Waals surface area contributed by atoms with Crippen LogP contribution in [0.25, 0.3) is 6.08 Å². The van der Waals surface area contributed by atoms with Crippen LogP contribution in [0.2, 0.25) is 0 Å². The molecule has 0 aromatic heterocycles.